The van der Waals surface area contributed by atoms with Gasteiger partial charge in [0.2, 0.25) is 0 Å². The Morgan fingerprint density at radius 3 is 2.53 bits per heavy atom. The number of hydrogen-bond acceptors (Lipinski definition) is 4. The summed E-state index contributed by atoms with van der Waals surface area (Å²) in [6.07, 6.45) is -4.23. The Labute approximate surface area is 182 Å². The van der Waals surface area contributed by atoms with Gasteiger partial charge in [-0.1, -0.05) is 48.5 Å². The van der Waals surface area contributed by atoms with Crippen molar-refractivity contribution in [1.82, 2.24) is 5.43 Å². The minimum absolute atomic E-state index is 0.197. The summed E-state index contributed by atoms with van der Waals surface area (Å²) < 4.78 is 44.6. The van der Waals surface area contributed by atoms with Crippen molar-refractivity contribution in [3.63, 3.8) is 0 Å². The molecule has 0 spiro atoms. The molecule has 0 fully saturated rings. The Balaban J connectivity index is 1.44. The van der Waals surface area contributed by atoms with Gasteiger partial charge in [-0.2, -0.15) is 18.3 Å². The first kappa shape index (κ1) is 21.4. The molecule has 1 amide bonds. The van der Waals surface area contributed by atoms with E-state index in [9.17, 15) is 18.0 Å². The van der Waals surface area contributed by atoms with Crippen molar-refractivity contribution in [1.29, 1.82) is 0 Å². The highest BCUT2D eigenvalue weighted by Gasteiger charge is 2.30. The van der Waals surface area contributed by atoms with E-state index < -0.39 is 17.6 Å². The lowest BCUT2D eigenvalue weighted by Gasteiger charge is -2.27. The molecule has 164 valence electrons. The standard InChI is InChI=1S/C24H20F3N3O2/c25-24(26,27)17-9-6-10-18(13-17)28-15-23(31)30-29-20-14-22(16-7-2-1-3-8-16)32-21-12-5-4-11-19(20)21/h1-13,22,28H,14-15H2,(H,30,31)/b29-20-. The van der Waals surface area contributed by atoms with E-state index in [1.165, 1.54) is 12.1 Å². The summed E-state index contributed by atoms with van der Waals surface area (Å²) in [5.74, 6) is 0.192. The summed E-state index contributed by atoms with van der Waals surface area (Å²) in [6.45, 7) is -0.224. The average Bonchev–Trinajstić information content (AvgIpc) is 2.81. The molecule has 1 heterocycles. The van der Waals surface area contributed by atoms with Gasteiger partial charge in [-0.15, -0.1) is 0 Å². The maximum atomic E-state index is 12.8. The lowest BCUT2D eigenvalue weighted by Crippen LogP contribution is -2.29. The summed E-state index contributed by atoms with van der Waals surface area (Å²) >= 11 is 0. The number of rotatable bonds is 5. The van der Waals surface area contributed by atoms with Crippen LogP contribution in [0.3, 0.4) is 0 Å². The molecule has 8 heteroatoms. The number of amides is 1. The van der Waals surface area contributed by atoms with E-state index in [1.54, 1.807) is 0 Å². The molecular formula is C24H20F3N3O2. The molecule has 1 unspecified atom stereocenters. The molecule has 3 aromatic carbocycles. The number of ether oxygens (including phenoxy) is 1. The zero-order valence-electron chi connectivity index (χ0n) is 16.9. The number of carbonyl (C=O) groups excluding carboxylic acids is 1. The Morgan fingerprint density at radius 1 is 1.00 bits per heavy atom. The molecule has 0 aliphatic carbocycles. The van der Waals surface area contributed by atoms with Crippen molar-refractivity contribution >= 4 is 17.3 Å². The number of fused-ring (bicyclic) bond motifs is 1. The third-order valence-corrected chi connectivity index (χ3v) is 4.98. The molecule has 0 bridgehead atoms. The monoisotopic (exact) mass is 439 g/mol. The lowest BCUT2D eigenvalue weighted by atomic mass is 9.96. The van der Waals surface area contributed by atoms with Crippen LogP contribution in [0.4, 0.5) is 18.9 Å². The van der Waals surface area contributed by atoms with E-state index in [0.717, 1.165) is 23.3 Å². The highest BCUT2D eigenvalue weighted by molar-refractivity contribution is 6.04. The summed E-state index contributed by atoms with van der Waals surface area (Å²) in [7, 11) is 0. The van der Waals surface area contributed by atoms with Crippen molar-refractivity contribution in [3.8, 4) is 5.75 Å². The summed E-state index contributed by atoms with van der Waals surface area (Å²) in [6, 6.07) is 21.8. The second-order valence-corrected chi connectivity index (χ2v) is 7.24. The number of para-hydroxylation sites is 1. The molecule has 0 saturated carbocycles. The number of carbonyl (C=O) groups is 1. The molecule has 0 saturated heterocycles. The number of nitrogens with one attached hydrogen (secondary N) is 2. The number of halogens is 3. The molecule has 1 aliphatic rings. The normalized spacial score (nSPS) is 16.7. The van der Waals surface area contributed by atoms with Crippen LogP contribution >= 0.6 is 0 Å². The van der Waals surface area contributed by atoms with Crippen LogP contribution < -0.4 is 15.5 Å². The molecule has 0 radical (unpaired) electrons. The molecule has 0 aromatic heterocycles. The Morgan fingerprint density at radius 2 is 1.75 bits per heavy atom. The largest absolute Gasteiger partial charge is 0.485 e. The number of alkyl halides is 3. The van der Waals surface area contributed by atoms with Gasteiger partial charge in [-0.05, 0) is 35.9 Å². The first-order valence-corrected chi connectivity index (χ1v) is 9.98. The Kier molecular flexibility index (Phi) is 6.11. The van der Waals surface area contributed by atoms with E-state index in [0.29, 0.717) is 17.9 Å². The molecule has 32 heavy (non-hydrogen) atoms. The molecule has 1 aliphatic heterocycles. The predicted molar refractivity (Wildman–Crippen MR) is 115 cm³/mol. The van der Waals surface area contributed by atoms with Crippen molar-refractivity contribution in [2.24, 2.45) is 5.10 Å². The number of benzene rings is 3. The zero-order valence-corrected chi connectivity index (χ0v) is 16.9. The van der Waals surface area contributed by atoms with Gasteiger partial charge in [0.1, 0.15) is 11.9 Å². The highest BCUT2D eigenvalue weighted by atomic mass is 19.4. The van der Waals surface area contributed by atoms with Crippen LogP contribution in [0, 0.1) is 0 Å². The van der Waals surface area contributed by atoms with Gasteiger partial charge in [0, 0.05) is 17.7 Å². The highest BCUT2D eigenvalue weighted by Crippen LogP contribution is 2.35. The quantitative estimate of drug-likeness (QED) is 0.540. The number of nitrogens with zero attached hydrogens (tertiary/aromatic N) is 1. The minimum atomic E-state index is -4.45. The lowest BCUT2D eigenvalue weighted by molar-refractivity contribution is -0.137. The van der Waals surface area contributed by atoms with Crippen LogP contribution in [0.15, 0.2) is 84.0 Å². The summed E-state index contributed by atoms with van der Waals surface area (Å²) in [5, 5.41) is 6.98. The fourth-order valence-corrected chi connectivity index (χ4v) is 3.40. The van der Waals surface area contributed by atoms with Gasteiger partial charge >= 0.3 is 6.18 Å². The Hall–Kier alpha value is -3.81. The molecule has 2 N–H and O–H groups in total. The number of hydrogen-bond donors (Lipinski definition) is 2. The molecule has 1 atom stereocenters. The topological polar surface area (TPSA) is 62.7 Å². The van der Waals surface area contributed by atoms with Crippen LogP contribution in [0.2, 0.25) is 0 Å². The van der Waals surface area contributed by atoms with Gasteiger partial charge in [-0.3, -0.25) is 4.79 Å². The van der Waals surface area contributed by atoms with Crippen molar-refractivity contribution in [2.45, 2.75) is 18.7 Å². The Bertz CT molecular complexity index is 1130. The van der Waals surface area contributed by atoms with Crippen LogP contribution in [0.5, 0.6) is 5.75 Å². The fourth-order valence-electron chi connectivity index (χ4n) is 3.40. The fraction of sp³-hybridized carbons (Fsp3) is 0.167. The van der Waals surface area contributed by atoms with E-state index in [2.05, 4.69) is 15.8 Å². The second-order valence-electron chi connectivity index (χ2n) is 7.24. The third-order valence-electron chi connectivity index (χ3n) is 4.98. The summed E-state index contributed by atoms with van der Waals surface area (Å²) in [4.78, 5) is 12.3. The van der Waals surface area contributed by atoms with Gasteiger partial charge in [0.15, 0.2) is 0 Å². The SMILES string of the molecule is O=C(CNc1cccc(C(F)(F)F)c1)N/N=C1/CC(c2ccccc2)Oc2ccccc21. The summed E-state index contributed by atoms with van der Waals surface area (Å²) in [5.41, 5.74) is 4.34. The molecule has 3 aromatic rings. The van der Waals surface area contributed by atoms with E-state index >= 15 is 0 Å². The molecular weight excluding hydrogens is 419 g/mol. The van der Waals surface area contributed by atoms with Gasteiger partial charge in [-0.25, -0.2) is 5.43 Å². The first-order chi connectivity index (χ1) is 15.4. The maximum absolute atomic E-state index is 12.8. The van der Waals surface area contributed by atoms with Gasteiger partial charge in [0.05, 0.1) is 17.8 Å². The zero-order chi connectivity index (χ0) is 22.6. The maximum Gasteiger partial charge on any atom is 0.416 e. The van der Waals surface area contributed by atoms with Crippen molar-refractivity contribution in [2.75, 3.05) is 11.9 Å². The van der Waals surface area contributed by atoms with Gasteiger partial charge < -0.3 is 10.1 Å². The average molecular weight is 439 g/mol. The second kappa shape index (κ2) is 9.13. The van der Waals surface area contributed by atoms with Crippen LogP contribution in [-0.4, -0.2) is 18.2 Å². The predicted octanol–water partition coefficient (Wildman–Crippen LogP) is 5.16. The van der Waals surface area contributed by atoms with Crippen LogP contribution in [0.1, 0.15) is 29.2 Å². The minimum Gasteiger partial charge on any atom is -0.485 e. The first-order valence-electron chi connectivity index (χ1n) is 9.98. The number of anilines is 1. The smallest absolute Gasteiger partial charge is 0.416 e. The third kappa shape index (κ3) is 5.08. The van der Waals surface area contributed by atoms with Crippen molar-refractivity contribution < 1.29 is 22.7 Å². The van der Waals surface area contributed by atoms with Crippen LogP contribution in [0.25, 0.3) is 0 Å². The molecule has 4 rings (SSSR count). The van der Waals surface area contributed by atoms with Crippen molar-refractivity contribution in [3.05, 3.63) is 95.6 Å². The van der Waals surface area contributed by atoms with E-state index in [-0.39, 0.29) is 18.3 Å². The number of hydrazone groups is 1. The molecule has 5 nitrogen and oxygen atoms in total. The van der Waals surface area contributed by atoms with Crippen LogP contribution in [-0.2, 0) is 11.0 Å². The van der Waals surface area contributed by atoms with E-state index in [4.69, 9.17) is 4.74 Å². The van der Waals surface area contributed by atoms with Gasteiger partial charge in [0.25, 0.3) is 5.91 Å². The van der Waals surface area contributed by atoms with E-state index in [1.807, 2.05) is 54.6 Å².